The highest BCUT2D eigenvalue weighted by Crippen LogP contribution is 2.32. The molecule has 0 aliphatic rings. The minimum Gasteiger partial charge on any atom is -0.397 e. The SMILES string of the molecule is Cc1nc2cc(N(C)CCC(F)(F)F)c(N)cc2s1. The largest absolute Gasteiger partial charge is 0.397 e. The summed E-state index contributed by atoms with van der Waals surface area (Å²) in [7, 11) is 1.60. The minimum absolute atomic E-state index is 0.123. The van der Waals surface area contributed by atoms with E-state index in [2.05, 4.69) is 4.98 Å². The van der Waals surface area contributed by atoms with Gasteiger partial charge in [-0.25, -0.2) is 4.98 Å². The van der Waals surface area contributed by atoms with E-state index >= 15 is 0 Å². The molecule has 0 amide bonds. The van der Waals surface area contributed by atoms with Gasteiger partial charge in [0, 0.05) is 13.6 Å². The van der Waals surface area contributed by atoms with E-state index in [1.165, 1.54) is 16.2 Å². The van der Waals surface area contributed by atoms with Crippen molar-refractivity contribution in [3.63, 3.8) is 0 Å². The standard InChI is InChI=1S/C12H14F3N3S/c1-7-17-9-6-10(8(16)5-11(9)19-7)18(2)4-3-12(13,14)15/h5-6H,3-4,16H2,1-2H3. The van der Waals surface area contributed by atoms with E-state index < -0.39 is 12.6 Å². The molecular weight excluding hydrogens is 275 g/mol. The van der Waals surface area contributed by atoms with Crippen molar-refractivity contribution in [2.45, 2.75) is 19.5 Å². The number of thiazole rings is 1. The molecule has 0 aliphatic carbocycles. The summed E-state index contributed by atoms with van der Waals surface area (Å²) in [5, 5.41) is 0.907. The topological polar surface area (TPSA) is 42.2 Å². The van der Waals surface area contributed by atoms with Crippen LogP contribution in [0.2, 0.25) is 0 Å². The molecule has 7 heteroatoms. The molecule has 1 aromatic carbocycles. The van der Waals surface area contributed by atoms with Crippen LogP contribution in [-0.2, 0) is 0 Å². The van der Waals surface area contributed by atoms with E-state index in [4.69, 9.17) is 5.73 Å². The summed E-state index contributed by atoms with van der Waals surface area (Å²) in [6.07, 6.45) is -5.03. The van der Waals surface area contributed by atoms with Crippen LogP contribution in [0.15, 0.2) is 12.1 Å². The van der Waals surface area contributed by atoms with Gasteiger partial charge in [-0.3, -0.25) is 0 Å². The molecule has 0 atom stereocenters. The fourth-order valence-corrected chi connectivity index (χ4v) is 2.70. The van der Waals surface area contributed by atoms with Gasteiger partial charge < -0.3 is 10.6 Å². The Bertz CT molecular complexity index is 592. The first-order chi connectivity index (χ1) is 8.76. The second kappa shape index (κ2) is 4.88. The highest BCUT2D eigenvalue weighted by Gasteiger charge is 2.27. The zero-order valence-electron chi connectivity index (χ0n) is 10.6. The number of nitrogen functional groups attached to an aromatic ring is 1. The maximum Gasteiger partial charge on any atom is 0.390 e. The van der Waals surface area contributed by atoms with Crippen molar-refractivity contribution < 1.29 is 13.2 Å². The second-order valence-corrected chi connectivity index (χ2v) is 5.63. The molecule has 0 aliphatic heterocycles. The molecular formula is C12H14F3N3S. The van der Waals surface area contributed by atoms with Gasteiger partial charge in [-0.2, -0.15) is 13.2 Å². The van der Waals surface area contributed by atoms with Crippen LogP contribution >= 0.6 is 11.3 Å². The summed E-state index contributed by atoms with van der Waals surface area (Å²) >= 11 is 1.51. The van der Waals surface area contributed by atoms with Crippen molar-refractivity contribution in [2.24, 2.45) is 0 Å². The van der Waals surface area contributed by atoms with Crippen molar-refractivity contribution >= 4 is 32.9 Å². The van der Waals surface area contributed by atoms with E-state index in [0.717, 1.165) is 15.2 Å². The van der Waals surface area contributed by atoms with Gasteiger partial charge in [0.25, 0.3) is 0 Å². The van der Waals surface area contributed by atoms with Gasteiger partial charge >= 0.3 is 6.18 Å². The molecule has 0 fully saturated rings. The quantitative estimate of drug-likeness (QED) is 0.878. The number of aromatic nitrogens is 1. The molecule has 1 aromatic heterocycles. The van der Waals surface area contributed by atoms with Crippen LogP contribution in [0.4, 0.5) is 24.5 Å². The van der Waals surface area contributed by atoms with Crippen LogP contribution in [0.25, 0.3) is 10.2 Å². The van der Waals surface area contributed by atoms with Crippen LogP contribution in [0.1, 0.15) is 11.4 Å². The zero-order valence-corrected chi connectivity index (χ0v) is 11.4. The van der Waals surface area contributed by atoms with E-state index in [1.54, 1.807) is 19.2 Å². The summed E-state index contributed by atoms with van der Waals surface area (Å²) in [4.78, 5) is 5.83. The number of hydrogen-bond donors (Lipinski definition) is 1. The van der Waals surface area contributed by atoms with Gasteiger partial charge in [0.05, 0.1) is 33.0 Å². The highest BCUT2D eigenvalue weighted by atomic mass is 32.1. The Labute approximate surface area is 112 Å². The number of nitrogens with two attached hydrogens (primary N) is 1. The maximum absolute atomic E-state index is 12.2. The number of anilines is 2. The number of rotatable bonds is 3. The van der Waals surface area contributed by atoms with Crippen molar-refractivity contribution in [3.05, 3.63) is 17.1 Å². The fourth-order valence-electron chi connectivity index (χ4n) is 1.84. The van der Waals surface area contributed by atoms with Crippen molar-refractivity contribution in [1.82, 2.24) is 4.98 Å². The molecule has 2 aromatic rings. The minimum atomic E-state index is -4.16. The Hall–Kier alpha value is -1.50. The third-order valence-corrected chi connectivity index (χ3v) is 3.72. The number of alkyl halides is 3. The van der Waals surface area contributed by atoms with E-state index in [0.29, 0.717) is 11.4 Å². The van der Waals surface area contributed by atoms with Crippen molar-refractivity contribution in [2.75, 3.05) is 24.2 Å². The monoisotopic (exact) mass is 289 g/mol. The number of hydrogen-bond acceptors (Lipinski definition) is 4. The predicted molar refractivity (Wildman–Crippen MR) is 72.7 cm³/mol. The van der Waals surface area contributed by atoms with E-state index in [9.17, 15) is 13.2 Å². The van der Waals surface area contributed by atoms with Crippen LogP contribution in [0.5, 0.6) is 0 Å². The molecule has 19 heavy (non-hydrogen) atoms. The molecule has 2 N–H and O–H groups in total. The molecule has 0 saturated heterocycles. The summed E-state index contributed by atoms with van der Waals surface area (Å²) in [6.45, 7) is 1.76. The van der Waals surface area contributed by atoms with E-state index in [-0.39, 0.29) is 6.54 Å². The van der Waals surface area contributed by atoms with Gasteiger partial charge in [-0.15, -0.1) is 11.3 Å². The number of halogens is 3. The second-order valence-electron chi connectivity index (χ2n) is 4.40. The molecule has 1 heterocycles. The Morgan fingerprint density at radius 2 is 2.05 bits per heavy atom. The Morgan fingerprint density at radius 1 is 1.37 bits per heavy atom. The van der Waals surface area contributed by atoms with Gasteiger partial charge in [-0.05, 0) is 19.1 Å². The summed E-state index contributed by atoms with van der Waals surface area (Å²) in [5.74, 6) is 0. The normalized spacial score (nSPS) is 12.1. The summed E-state index contributed by atoms with van der Waals surface area (Å²) in [6, 6.07) is 3.50. The van der Waals surface area contributed by atoms with Gasteiger partial charge in [0.1, 0.15) is 0 Å². The first-order valence-electron chi connectivity index (χ1n) is 5.71. The predicted octanol–water partition coefficient (Wildman–Crippen LogP) is 3.58. The lowest BCUT2D eigenvalue weighted by atomic mass is 10.2. The van der Waals surface area contributed by atoms with Gasteiger partial charge in [0.2, 0.25) is 0 Å². The number of fused-ring (bicyclic) bond motifs is 1. The van der Waals surface area contributed by atoms with Gasteiger partial charge in [-0.1, -0.05) is 0 Å². The van der Waals surface area contributed by atoms with Crippen LogP contribution in [-0.4, -0.2) is 24.8 Å². The Morgan fingerprint density at radius 3 is 2.68 bits per heavy atom. The lowest BCUT2D eigenvalue weighted by molar-refractivity contribution is -0.132. The lowest BCUT2D eigenvalue weighted by Gasteiger charge is -2.21. The lowest BCUT2D eigenvalue weighted by Crippen LogP contribution is -2.24. The molecule has 0 radical (unpaired) electrons. The number of benzene rings is 1. The fraction of sp³-hybridized carbons (Fsp3) is 0.417. The number of aryl methyl sites for hydroxylation is 1. The van der Waals surface area contributed by atoms with Crippen molar-refractivity contribution in [3.8, 4) is 0 Å². The Kier molecular flexibility index (Phi) is 3.58. The molecule has 2 rings (SSSR count). The number of nitrogens with zero attached hydrogens (tertiary/aromatic N) is 2. The van der Waals surface area contributed by atoms with Crippen LogP contribution in [0.3, 0.4) is 0 Å². The molecule has 0 saturated carbocycles. The maximum atomic E-state index is 12.2. The first-order valence-corrected chi connectivity index (χ1v) is 6.52. The van der Waals surface area contributed by atoms with Crippen molar-refractivity contribution in [1.29, 1.82) is 0 Å². The molecule has 0 unspecified atom stereocenters. The van der Waals surface area contributed by atoms with Crippen LogP contribution < -0.4 is 10.6 Å². The first kappa shape index (κ1) is 13.9. The molecule has 0 spiro atoms. The Balaban J connectivity index is 2.25. The van der Waals surface area contributed by atoms with E-state index in [1.807, 2.05) is 6.92 Å². The van der Waals surface area contributed by atoms with Gasteiger partial charge in [0.15, 0.2) is 0 Å². The molecule has 3 nitrogen and oxygen atoms in total. The molecule has 104 valence electrons. The van der Waals surface area contributed by atoms with Crippen LogP contribution in [0, 0.1) is 6.92 Å². The third-order valence-electron chi connectivity index (χ3n) is 2.79. The average molecular weight is 289 g/mol. The average Bonchev–Trinajstić information content (AvgIpc) is 2.63. The third kappa shape index (κ3) is 3.28. The summed E-state index contributed by atoms with van der Waals surface area (Å²) in [5.41, 5.74) is 7.72. The highest BCUT2D eigenvalue weighted by molar-refractivity contribution is 7.18. The molecule has 0 bridgehead atoms. The summed E-state index contributed by atoms with van der Waals surface area (Å²) < 4.78 is 37.6. The zero-order chi connectivity index (χ0) is 14.2. The smallest absolute Gasteiger partial charge is 0.390 e.